The number of nitrogens with zero attached hydrogens (tertiary/aromatic N) is 3. The number of rotatable bonds is 8. The van der Waals surface area contributed by atoms with Crippen molar-refractivity contribution in [3.63, 3.8) is 0 Å². The minimum atomic E-state index is -0.470. The van der Waals surface area contributed by atoms with Crippen molar-refractivity contribution in [1.82, 2.24) is 14.5 Å². The third-order valence-corrected chi connectivity index (χ3v) is 7.00. The summed E-state index contributed by atoms with van der Waals surface area (Å²) in [4.78, 5) is 43.9. The zero-order chi connectivity index (χ0) is 24.1. The monoisotopic (exact) mass is 497 g/mol. The van der Waals surface area contributed by atoms with Gasteiger partial charge in [0.2, 0.25) is 5.91 Å². The van der Waals surface area contributed by atoms with Crippen LogP contribution in [0.4, 0.5) is 0 Å². The standard InChI is InChI=1S/C24H23N3O5S2/c1-3-32-22(29)14-21-26(20(28)15-34-21)12-13-33-24-25-19-7-5-4-6-18(19)23(30)27(24)16-8-10-17(31-2)11-9-16/h4-11,14H,3,12-13,15H2,1-2H3/b21-14-. The maximum atomic E-state index is 13.4. The van der Waals surface area contributed by atoms with Crippen molar-refractivity contribution in [2.75, 3.05) is 31.8 Å². The third-order valence-electron chi connectivity index (χ3n) is 5.06. The number of amides is 1. The van der Waals surface area contributed by atoms with Crippen LogP contribution in [0.2, 0.25) is 0 Å². The number of benzene rings is 2. The van der Waals surface area contributed by atoms with Crippen molar-refractivity contribution in [1.29, 1.82) is 0 Å². The minimum absolute atomic E-state index is 0.0693. The van der Waals surface area contributed by atoms with Crippen LogP contribution in [0, 0.1) is 0 Å². The second-order valence-electron chi connectivity index (χ2n) is 7.17. The molecular formula is C24H23N3O5S2. The summed E-state index contributed by atoms with van der Waals surface area (Å²) >= 11 is 2.69. The minimum Gasteiger partial charge on any atom is -0.497 e. The number of hydrogen-bond donors (Lipinski definition) is 0. The van der Waals surface area contributed by atoms with Crippen LogP contribution < -0.4 is 10.3 Å². The maximum Gasteiger partial charge on any atom is 0.333 e. The molecule has 0 spiro atoms. The van der Waals surface area contributed by atoms with Gasteiger partial charge in [0.15, 0.2) is 5.16 Å². The van der Waals surface area contributed by atoms with Gasteiger partial charge in [-0.3, -0.25) is 14.2 Å². The third kappa shape index (κ3) is 5.13. The van der Waals surface area contributed by atoms with E-state index < -0.39 is 5.97 Å². The van der Waals surface area contributed by atoms with Crippen molar-refractivity contribution in [3.8, 4) is 11.4 Å². The highest BCUT2D eigenvalue weighted by Gasteiger charge is 2.27. The van der Waals surface area contributed by atoms with Crippen LogP contribution in [-0.4, -0.2) is 58.1 Å². The van der Waals surface area contributed by atoms with Crippen molar-refractivity contribution < 1.29 is 19.1 Å². The largest absolute Gasteiger partial charge is 0.497 e. The molecular weight excluding hydrogens is 474 g/mol. The fourth-order valence-corrected chi connectivity index (χ4v) is 5.34. The molecule has 0 radical (unpaired) electrons. The molecule has 1 aliphatic heterocycles. The van der Waals surface area contributed by atoms with Gasteiger partial charge in [0.05, 0.1) is 47.2 Å². The molecule has 34 heavy (non-hydrogen) atoms. The van der Waals surface area contributed by atoms with Crippen molar-refractivity contribution >= 4 is 46.3 Å². The van der Waals surface area contributed by atoms with Gasteiger partial charge in [0, 0.05) is 12.3 Å². The lowest BCUT2D eigenvalue weighted by Gasteiger charge is -2.18. The van der Waals surface area contributed by atoms with E-state index in [4.69, 9.17) is 14.5 Å². The molecule has 10 heteroatoms. The number of carbonyl (C=O) groups excluding carboxylic acids is 2. The predicted octanol–water partition coefficient (Wildman–Crippen LogP) is 3.47. The Balaban J connectivity index is 1.61. The molecule has 1 fully saturated rings. The van der Waals surface area contributed by atoms with E-state index in [9.17, 15) is 14.4 Å². The molecule has 1 saturated heterocycles. The molecule has 1 amide bonds. The molecule has 0 bridgehead atoms. The topological polar surface area (TPSA) is 90.7 Å². The maximum absolute atomic E-state index is 13.4. The van der Waals surface area contributed by atoms with E-state index in [1.54, 1.807) is 47.8 Å². The first kappa shape index (κ1) is 23.9. The molecule has 2 aromatic carbocycles. The molecule has 176 valence electrons. The van der Waals surface area contributed by atoms with Gasteiger partial charge in [0.25, 0.3) is 5.56 Å². The summed E-state index contributed by atoms with van der Waals surface area (Å²) in [6.45, 7) is 2.37. The van der Waals surface area contributed by atoms with Crippen LogP contribution in [0.25, 0.3) is 16.6 Å². The lowest BCUT2D eigenvalue weighted by molar-refractivity contribution is -0.137. The molecule has 0 aliphatic carbocycles. The van der Waals surface area contributed by atoms with Gasteiger partial charge in [-0.2, -0.15) is 0 Å². The highest BCUT2D eigenvalue weighted by atomic mass is 32.2. The highest BCUT2D eigenvalue weighted by Crippen LogP contribution is 2.30. The summed E-state index contributed by atoms with van der Waals surface area (Å²) in [5.74, 6) is 0.904. The number of hydrogen-bond acceptors (Lipinski definition) is 8. The molecule has 0 atom stereocenters. The number of ether oxygens (including phenoxy) is 2. The Hall–Kier alpha value is -3.24. The van der Waals surface area contributed by atoms with Crippen LogP contribution in [0.1, 0.15) is 6.92 Å². The Bertz CT molecular complexity index is 1300. The van der Waals surface area contributed by atoms with Crippen LogP contribution in [-0.2, 0) is 14.3 Å². The lowest BCUT2D eigenvalue weighted by atomic mass is 10.2. The zero-order valence-corrected chi connectivity index (χ0v) is 20.4. The van der Waals surface area contributed by atoms with E-state index >= 15 is 0 Å². The fourth-order valence-electron chi connectivity index (χ4n) is 3.45. The number of thioether (sulfide) groups is 2. The fraction of sp³-hybridized carbons (Fsp3) is 0.250. The normalized spacial score (nSPS) is 14.7. The smallest absolute Gasteiger partial charge is 0.333 e. The molecule has 0 unspecified atom stereocenters. The van der Waals surface area contributed by atoms with Gasteiger partial charge in [-0.1, -0.05) is 35.7 Å². The van der Waals surface area contributed by atoms with E-state index in [0.29, 0.717) is 44.8 Å². The summed E-state index contributed by atoms with van der Waals surface area (Å²) in [6.07, 6.45) is 1.35. The average Bonchev–Trinajstić information content (AvgIpc) is 3.18. The van der Waals surface area contributed by atoms with Gasteiger partial charge in [0.1, 0.15) is 5.75 Å². The number of carbonyl (C=O) groups is 2. The summed E-state index contributed by atoms with van der Waals surface area (Å²) in [6, 6.07) is 14.4. The summed E-state index contributed by atoms with van der Waals surface area (Å²) in [5, 5.41) is 1.61. The first-order valence-electron chi connectivity index (χ1n) is 10.6. The predicted molar refractivity (Wildman–Crippen MR) is 134 cm³/mol. The number of methoxy groups -OCH3 is 1. The Morgan fingerprint density at radius 3 is 2.68 bits per heavy atom. The van der Waals surface area contributed by atoms with Gasteiger partial charge in [-0.15, -0.1) is 0 Å². The van der Waals surface area contributed by atoms with Crippen LogP contribution >= 0.6 is 23.5 Å². The van der Waals surface area contributed by atoms with Gasteiger partial charge in [-0.05, 0) is 43.3 Å². The summed E-state index contributed by atoms with van der Waals surface area (Å²) in [5.41, 5.74) is 1.10. The van der Waals surface area contributed by atoms with Crippen molar-refractivity contribution in [2.24, 2.45) is 0 Å². The molecule has 4 rings (SSSR count). The van der Waals surface area contributed by atoms with Crippen LogP contribution in [0.5, 0.6) is 5.75 Å². The first-order chi connectivity index (χ1) is 16.5. The molecule has 0 saturated carbocycles. The van der Waals surface area contributed by atoms with E-state index in [1.165, 1.54) is 29.6 Å². The summed E-state index contributed by atoms with van der Waals surface area (Å²) < 4.78 is 11.8. The Morgan fingerprint density at radius 2 is 1.94 bits per heavy atom. The number of para-hydroxylation sites is 1. The second kappa shape index (κ2) is 10.8. The van der Waals surface area contributed by atoms with Gasteiger partial charge >= 0.3 is 5.97 Å². The quantitative estimate of drug-likeness (QED) is 0.202. The Labute approximate surface area is 204 Å². The van der Waals surface area contributed by atoms with E-state index in [1.807, 2.05) is 24.3 Å². The van der Waals surface area contributed by atoms with Crippen molar-refractivity contribution in [2.45, 2.75) is 12.1 Å². The lowest BCUT2D eigenvalue weighted by Crippen LogP contribution is -2.28. The first-order valence-corrected chi connectivity index (χ1v) is 12.6. The second-order valence-corrected chi connectivity index (χ2v) is 9.22. The summed E-state index contributed by atoms with van der Waals surface area (Å²) in [7, 11) is 1.59. The highest BCUT2D eigenvalue weighted by molar-refractivity contribution is 8.04. The molecule has 0 N–H and O–H groups in total. The van der Waals surface area contributed by atoms with Crippen LogP contribution in [0.15, 0.2) is 69.6 Å². The number of esters is 1. The number of aromatic nitrogens is 2. The molecule has 1 aliphatic rings. The van der Waals surface area contributed by atoms with E-state index in [0.717, 1.165) is 0 Å². The molecule has 2 heterocycles. The molecule has 3 aromatic rings. The molecule has 1 aromatic heterocycles. The van der Waals surface area contributed by atoms with Gasteiger partial charge in [-0.25, -0.2) is 9.78 Å². The number of fused-ring (bicyclic) bond motifs is 1. The Morgan fingerprint density at radius 1 is 1.18 bits per heavy atom. The van der Waals surface area contributed by atoms with Crippen LogP contribution in [0.3, 0.4) is 0 Å². The SMILES string of the molecule is CCOC(=O)/C=C1\SCC(=O)N1CCSc1nc2ccccc2c(=O)n1-c1ccc(OC)cc1. The molecule has 8 nitrogen and oxygen atoms in total. The zero-order valence-electron chi connectivity index (χ0n) is 18.7. The van der Waals surface area contributed by atoms with Crippen molar-refractivity contribution in [3.05, 3.63) is 70.0 Å². The average molecular weight is 498 g/mol. The van der Waals surface area contributed by atoms with E-state index in [2.05, 4.69) is 0 Å². The van der Waals surface area contributed by atoms with E-state index in [-0.39, 0.29) is 23.8 Å². The Kier molecular flexibility index (Phi) is 7.59. The van der Waals surface area contributed by atoms with Gasteiger partial charge < -0.3 is 14.4 Å².